The summed E-state index contributed by atoms with van der Waals surface area (Å²) in [5.74, 6) is -0.952. The molecule has 2 rings (SSSR count). The number of carboxylic acids is 1. The van der Waals surface area contributed by atoms with Crippen LogP contribution in [-0.4, -0.2) is 17.7 Å². The van der Waals surface area contributed by atoms with Crippen molar-refractivity contribution in [2.24, 2.45) is 0 Å². The van der Waals surface area contributed by atoms with Gasteiger partial charge in [0.2, 0.25) is 0 Å². The Balaban J connectivity index is 2.11. The number of nitrogens with zero attached hydrogens (tertiary/aromatic N) is 1. The van der Waals surface area contributed by atoms with Crippen molar-refractivity contribution in [1.82, 2.24) is 0 Å². The van der Waals surface area contributed by atoms with Gasteiger partial charge in [-0.25, -0.2) is 4.79 Å². The van der Waals surface area contributed by atoms with Crippen LogP contribution < -0.4 is 16.0 Å². The van der Waals surface area contributed by atoms with Crippen LogP contribution >= 0.6 is 0 Å². The second-order valence-electron chi connectivity index (χ2n) is 4.43. The molecule has 0 bridgehead atoms. The molecule has 2 aromatic carbocycles. The molecular formula is C16H17N3O2. The Morgan fingerprint density at radius 1 is 1.29 bits per heavy atom. The van der Waals surface area contributed by atoms with Crippen LogP contribution in [0.3, 0.4) is 0 Å². The van der Waals surface area contributed by atoms with Crippen LogP contribution in [0.2, 0.25) is 0 Å². The number of aromatic carboxylic acids is 1. The van der Waals surface area contributed by atoms with E-state index in [9.17, 15) is 4.79 Å². The van der Waals surface area contributed by atoms with Gasteiger partial charge < -0.3 is 21.1 Å². The molecule has 0 heterocycles. The van der Waals surface area contributed by atoms with E-state index in [1.807, 2.05) is 35.2 Å². The third-order valence-electron chi connectivity index (χ3n) is 3.03. The van der Waals surface area contributed by atoms with E-state index in [1.165, 1.54) is 0 Å². The zero-order valence-corrected chi connectivity index (χ0v) is 11.5. The van der Waals surface area contributed by atoms with E-state index < -0.39 is 5.97 Å². The fourth-order valence-electron chi connectivity index (χ4n) is 1.94. The fraction of sp³-hybridized carbons (Fsp3) is 0.0625. The number of para-hydroxylation sites is 2. The van der Waals surface area contributed by atoms with Crippen molar-refractivity contribution in [2.45, 2.75) is 0 Å². The topological polar surface area (TPSA) is 78.6 Å². The lowest BCUT2D eigenvalue weighted by Crippen LogP contribution is -2.24. The van der Waals surface area contributed by atoms with Crippen molar-refractivity contribution < 1.29 is 9.90 Å². The summed E-state index contributed by atoms with van der Waals surface area (Å²) in [4.78, 5) is 12.8. The molecule has 0 aromatic heterocycles. The van der Waals surface area contributed by atoms with Crippen molar-refractivity contribution in [3.63, 3.8) is 0 Å². The number of nitrogen functional groups attached to an aromatic ring is 1. The Hall–Kier alpha value is -2.95. The van der Waals surface area contributed by atoms with Crippen LogP contribution in [-0.2, 0) is 0 Å². The first-order valence-electron chi connectivity index (χ1n) is 6.42. The van der Waals surface area contributed by atoms with Crippen molar-refractivity contribution in [1.29, 1.82) is 0 Å². The molecule has 5 nitrogen and oxygen atoms in total. The van der Waals surface area contributed by atoms with Gasteiger partial charge in [0.1, 0.15) is 0 Å². The molecule has 0 aliphatic heterocycles. The van der Waals surface area contributed by atoms with Gasteiger partial charge in [0, 0.05) is 5.69 Å². The van der Waals surface area contributed by atoms with Gasteiger partial charge in [0.15, 0.2) is 0 Å². The molecule has 0 amide bonds. The number of rotatable bonds is 6. The highest BCUT2D eigenvalue weighted by molar-refractivity contribution is 5.88. The summed E-state index contributed by atoms with van der Waals surface area (Å²) in [7, 11) is 0. The lowest BCUT2D eigenvalue weighted by atomic mass is 10.2. The number of nitrogens with one attached hydrogen (secondary N) is 1. The highest BCUT2D eigenvalue weighted by atomic mass is 16.4. The van der Waals surface area contributed by atoms with Crippen LogP contribution in [0, 0.1) is 0 Å². The van der Waals surface area contributed by atoms with Crippen molar-refractivity contribution in [3.8, 4) is 0 Å². The van der Waals surface area contributed by atoms with Crippen LogP contribution in [0.15, 0.2) is 61.3 Å². The number of hydrogen-bond acceptors (Lipinski definition) is 4. The molecule has 4 N–H and O–H groups in total. The Morgan fingerprint density at radius 2 is 2.05 bits per heavy atom. The van der Waals surface area contributed by atoms with Gasteiger partial charge in [-0.3, -0.25) is 0 Å². The quantitative estimate of drug-likeness (QED) is 0.561. The Bertz CT molecular complexity index is 655. The summed E-state index contributed by atoms with van der Waals surface area (Å²) in [6.45, 7) is 4.20. The van der Waals surface area contributed by atoms with Crippen molar-refractivity contribution >= 4 is 23.0 Å². The minimum atomic E-state index is -0.952. The van der Waals surface area contributed by atoms with Gasteiger partial charge in [0.05, 0.1) is 23.6 Å². The lowest BCUT2D eigenvalue weighted by molar-refractivity contribution is 0.0697. The first-order chi connectivity index (χ1) is 10.1. The summed E-state index contributed by atoms with van der Waals surface area (Å²) in [5, 5.41) is 12.1. The average Bonchev–Trinajstić information content (AvgIpc) is 2.50. The van der Waals surface area contributed by atoms with E-state index in [1.54, 1.807) is 24.4 Å². The molecule has 0 aliphatic carbocycles. The Morgan fingerprint density at radius 3 is 2.71 bits per heavy atom. The first-order valence-corrected chi connectivity index (χ1v) is 6.42. The van der Waals surface area contributed by atoms with Gasteiger partial charge in [-0.2, -0.15) is 0 Å². The molecule has 21 heavy (non-hydrogen) atoms. The maximum atomic E-state index is 10.9. The maximum absolute atomic E-state index is 10.9. The zero-order chi connectivity index (χ0) is 15.2. The molecule has 0 saturated carbocycles. The average molecular weight is 283 g/mol. The Kier molecular flexibility index (Phi) is 4.46. The van der Waals surface area contributed by atoms with E-state index in [0.717, 1.165) is 11.4 Å². The largest absolute Gasteiger partial charge is 0.478 e. The van der Waals surface area contributed by atoms with E-state index >= 15 is 0 Å². The Labute approximate surface area is 123 Å². The summed E-state index contributed by atoms with van der Waals surface area (Å²) in [6, 6.07) is 14.1. The molecule has 0 saturated heterocycles. The molecule has 0 unspecified atom stereocenters. The zero-order valence-electron chi connectivity index (χ0n) is 11.5. The third kappa shape index (κ3) is 3.54. The molecule has 5 heteroatoms. The number of carbonyl (C=O) groups is 1. The summed E-state index contributed by atoms with van der Waals surface area (Å²) < 4.78 is 0. The molecule has 2 aromatic rings. The standard InChI is InChI=1S/C16H17N3O2/c1-2-19(15-9-4-3-8-14(15)17)11-18-13-7-5-6-12(10-13)16(20)21/h2-10,18H,1,11,17H2,(H,20,21). The van der Waals surface area contributed by atoms with Gasteiger partial charge in [-0.05, 0) is 36.5 Å². The number of carboxylic acid groups (broad SMARTS) is 1. The first kappa shape index (κ1) is 14.5. The molecule has 0 spiro atoms. The summed E-state index contributed by atoms with van der Waals surface area (Å²) >= 11 is 0. The normalized spacial score (nSPS) is 9.90. The van der Waals surface area contributed by atoms with Gasteiger partial charge in [-0.1, -0.05) is 24.8 Å². The van der Waals surface area contributed by atoms with Crippen molar-refractivity contribution in [2.75, 3.05) is 22.6 Å². The van der Waals surface area contributed by atoms with Crippen LogP contribution in [0.5, 0.6) is 0 Å². The summed E-state index contributed by atoms with van der Waals surface area (Å²) in [6.07, 6.45) is 1.67. The van der Waals surface area contributed by atoms with Gasteiger partial charge in [0.25, 0.3) is 0 Å². The van der Waals surface area contributed by atoms with E-state index in [2.05, 4.69) is 11.9 Å². The molecular weight excluding hydrogens is 266 g/mol. The number of benzene rings is 2. The SMILES string of the molecule is C=CN(CNc1cccc(C(=O)O)c1)c1ccccc1N. The monoisotopic (exact) mass is 283 g/mol. The minimum absolute atomic E-state index is 0.240. The summed E-state index contributed by atoms with van der Waals surface area (Å²) in [5.41, 5.74) is 8.39. The number of anilines is 3. The highest BCUT2D eigenvalue weighted by Gasteiger charge is 2.07. The molecule has 0 aliphatic rings. The maximum Gasteiger partial charge on any atom is 0.335 e. The predicted octanol–water partition coefficient (Wildman–Crippen LogP) is 2.99. The van der Waals surface area contributed by atoms with Crippen LogP contribution in [0.25, 0.3) is 0 Å². The fourth-order valence-corrected chi connectivity index (χ4v) is 1.94. The molecule has 0 atom stereocenters. The molecule has 0 fully saturated rings. The number of hydrogen-bond donors (Lipinski definition) is 3. The smallest absolute Gasteiger partial charge is 0.335 e. The van der Waals surface area contributed by atoms with Gasteiger partial charge in [-0.15, -0.1) is 0 Å². The van der Waals surface area contributed by atoms with Crippen molar-refractivity contribution in [3.05, 3.63) is 66.9 Å². The third-order valence-corrected chi connectivity index (χ3v) is 3.03. The van der Waals surface area contributed by atoms with Gasteiger partial charge >= 0.3 is 5.97 Å². The second-order valence-corrected chi connectivity index (χ2v) is 4.43. The van der Waals surface area contributed by atoms with E-state index in [-0.39, 0.29) is 5.56 Å². The lowest BCUT2D eigenvalue weighted by Gasteiger charge is -2.22. The van der Waals surface area contributed by atoms with Crippen LogP contribution in [0.1, 0.15) is 10.4 Å². The van der Waals surface area contributed by atoms with Crippen LogP contribution in [0.4, 0.5) is 17.1 Å². The molecule has 0 radical (unpaired) electrons. The second kappa shape index (κ2) is 6.47. The minimum Gasteiger partial charge on any atom is -0.478 e. The highest BCUT2D eigenvalue weighted by Crippen LogP contribution is 2.22. The number of nitrogens with two attached hydrogens (primary N) is 1. The molecule has 108 valence electrons. The predicted molar refractivity (Wildman–Crippen MR) is 85.4 cm³/mol. The van der Waals surface area contributed by atoms with E-state index in [4.69, 9.17) is 10.8 Å². The van der Waals surface area contributed by atoms with E-state index in [0.29, 0.717) is 12.4 Å².